The number of halogens is 3. The molecule has 0 saturated heterocycles. The Hall–Kier alpha value is -3.42. The number of pyridine rings is 1. The average molecular weight is 427 g/mol. The number of Topliss-reactive ketones (excluding diaryl/α,β-unsaturated/α-hetero) is 1. The minimum atomic E-state index is -4.52. The fourth-order valence-corrected chi connectivity index (χ4v) is 4.10. The van der Waals surface area contributed by atoms with Crippen molar-refractivity contribution in [2.24, 2.45) is 0 Å². The number of hydrogen-bond acceptors (Lipinski definition) is 4. The molecule has 1 aliphatic heterocycles. The molecule has 0 fully saturated rings. The molecule has 2 heterocycles. The van der Waals surface area contributed by atoms with Crippen LogP contribution in [0.4, 0.5) is 18.9 Å². The average Bonchev–Trinajstić information content (AvgIpc) is 2.73. The topological polar surface area (TPSA) is 71.1 Å². The number of carbonyl (C=O) groups is 2. The molecule has 2 N–H and O–H groups in total. The number of anilines is 1. The van der Waals surface area contributed by atoms with Crippen LogP contribution in [0.25, 0.3) is 0 Å². The van der Waals surface area contributed by atoms with Gasteiger partial charge in [0.15, 0.2) is 5.78 Å². The molecule has 1 amide bonds. The van der Waals surface area contributed by atoms with Gasteiger partial charge in [-0.1, -0.05) is 12.1 Å². The third kappa shape index (κ3) is 4.10. The molecule has 0 saturated carbocycles. The largest absolute Gasteiger partial charge is 0.416 e. The zero-order chi connectivity index (χ0) is 22.2. The van der Waals surface area contributed by atoms with Crippen molar-refractivity contribution in [1.82, 2.24) is 10.3 Å². The number of rotatable bonds is 3. The van der Waals surface area contributed by atoms with Crippen molar-refractivity contribution in [1.29, 1.82) is 0 Å². The van der Waals surface area contributed by atoms with Crippen LogP contribution in [-0.2, 0) is 15.8 Å². The molecule has 1 aromatic carbocycles. The van der Waals surface area contributed by atoms with Gasteiger partial charge in [-0.15, -0.1) is 0 Å². The summed E-state index contributed by atoms with van der Waals surface area (Å²) >= 11 is 0. The number of nitrogens with one attached hydrogen (secondary N) is 2. The van der Waals surface area contributed by atoms with Gasteiger partial charge >= 0.3 is 6.18 Å². The number of allylic oxidation sites excluding steroid dienone is 3. The van der Waals surface area contributed by atoms with Crippen LogP contribution in [0.3, 0.4) is 0 Å². The molecular formula is C23H20F3N3O2. The Kier molecular flexibility index (Phi) is 5.39. The van der Waals surface area contributed by atoms with Gasteiger partial charge in [0.25, 0.3) is 5.91 Å². The molecule has 1 atom stereocenters. The van der Waals surface area contributed by atoms with E-state index >= 15 is 0 Å². The van der Waals surface area contributed by atoms with Crippen molar-refractivity contribution >= 4 is 17.4 Å². The molecule has 2 aromatic rings. The van der Waals surface area contributed by atoms with E-state index in [9.17, 15) is 22.8 Å². The van der Waals surface area contributed by atoms with Gasteiger partial charge in [-0.25, -0.2) is 0 Å². The van der Waals surface area contributed by atoms with E-state index in [1.807, 2.05) is 0 Å². The number of carbonyl (C=O) groups excluding carboxylic acids is 2. The second kappa shape index (κ2) is 8.02. The van der Waals surface area contributed by atoms with Crippen LogP contribution in [0.1, 0.15) is 43.4 Å². The van der Waals surface area contributed by atoms with Gasteiger partial charge in [0.2, 0.25) is 0 Å². The first kappa shape index (κ1) is 20.8. The molecule has 0 unspecified atom stereocenters. The summed E-state index contributed by atoms with van der Waals surface area (Å²) in [6.45, 7) is 1.72. The monoisotopic (exact) mass is 427 g/mol. The van der Waals surface area contributed by atoms with Gasteiger partial charge in [0.1, 0.15) is 0 Å². The maximum atomic E-state index is 13.3. The third-order valence-corrected chi connectivity index (χ3v) is 5.45. The number of benzene rings is 1. The lowest BCUT2D eigenvalue weighted by atomic mass is 9.76. The molecule has 1 aliphatic carbocycles. The lowest BCUT2D eigenvalue weighted by Crippen LogP contribution is -2.35. The van der Waals surface area contributed by atoms with Crippen LogP contribution in [0.2, 0.25) is 0 Å². The number of amides is 1. The zero-order valence-electron chi connectivity index (χ0n) is 16.7. The number of hydrogen-bond donors (Lipinski definition) is 2. The molecule has 2 aliphatic rings. The van der Waals surface area contributed by atoms with Crippen LogP contribution < -0.4 is 10.6 Å². The van der Waals surface area contributed by atoms with Gasteiger partial charge < -0.3 is 10.6 Å². The Morgan fingerprint density at radius 2 is 1.97 bits per heavy atom. The highest BCUT2D eigenvalue weighted by Crippen LogP contribution is 2.41. The van der Waals surface area contributed by atoms with Gasteiger partial charge in [0.05, 0.1) is 17.2 Å². The van der Waals surface area contributed by atoms with Crippen molar-refractivity contribution < 1.29 is 22.8 Å². The van der Waals surface area contributed by atoms with E-state index in [0.717, 1.165) is 24.3 Å². The molecular weight excluding hydrogens is 407 g/mol. The first-order valence-corrected chi connectivity index (χ1v) is 9.89. The minimum absolute atomic E-state index is 0.0228. The SMILES string of the molecule is CC1=C(C(=O)Nc2cccc(C(F)(F)F)c2)[C@H](c2ccccn2)C2=C(CCCC2=O)N1. The normalized spacial score (nSPS) is 19.1. The van der Waals surface area contributed by atoms with Crippen LogP contribution in [-0.4, -0.2) is 16.7 Å². The first-order valence-electron chi connectivity index (χ1n) is 9.89. The summed E-state index contributed by atoms with van der Waals surface area (Å²) in [5, 5.41) is 5.74. The quantitative estimate of drug-likeness (QED) is 0.745. The van der Waals surface area contributed by atoms with E-state index in [2.05, 4.69) is 15.6 Å². The van der Waals surface area contributed by atoms with Gasteiger partial charge in [-0.05, 0) is 50.1 Å². The molecule has 0 spiro atoms. The molecule has 0 bridgehead atoms. The van der Waals surface area contributed by atoms with Crippen molar-refractivity contribution in [2.75, 3.05) is 5.32 Å². The number of aromatic nitrogens is 1. The maximum Gasteiger partial charge on any atom is 0.416 e. The number of nitrogens with zero attached hydrogens (tertiary/aromatic N) is 1. The van der Waals surface area contributed by atoms with Crippen molar-refractivity contribution in [3.05, 3.63) is 82.5 Å². The molecule has 160 valence electrons. The Balaban J connectivity index is 1.74. The van der Waals surface area contributed by atoms with Crippen LogP contribution >= 0.6 is 0 Å². The van der Waals surface area contributed by atoms with E-state index in [-0.39, 0.29) is 17.0 Å². The predicted octanol–water partition coefficient (Wildman–Crippen LogP) is 4.71. The van der Waals surface area contributed by atoms with Crippen molar-refractivity contribution in [3.63, 3.8) is 0 Å². The van der Waals surface area contributed by atoms with E-state index < -0.39 is 23.6 Å². The van der Waals surface area contributed by atoms with Gasteiger partial charge in [-0.2, -0.15) is 13.2 Å². The van der Waals surface area contributed by atoms with Crippen LogP contribution in [0, 0.1) is 0 Å². The predicted molar refractivity (Wildman–Crippen MR) is 109 cm³/mol. The highest BCUT2D eigenvalue weighted by molar-refractivity contribution is 6.09. The molecule has 5 nitrogen and oxygen atoms in total. The van der Waals surface area contributed by atoms with Gasteiger partial charge in [-0.3, -0.25) is 14.6 Å². The third-order valence-electron chi connectivity index (χ3n) is 5.45. The summed E-state index contributed by atoms with van der Waals surface area (Å²) in [6, 6.07) is 9.71. The fraction of sp³-hybridized carbons (Fsp3) is 0.261. The smallest absolute Gasteiger partial charge is 0.362 e. The van der Waals surface area contributed by atoms with Gasteiger partial charge in [0, 0.05) is 40.8 Å². The molecule has 1 aromatic heterocycles. The highest BCUT2D eigenvalue weighted by atomic mass is 19.4. The van der Waals surface area contributed by atoms with E-state index in [1.54, 1.807) is 31.3 Å². The standard InChI is InChI=1S/C23H20F3N3O2/c1-13-19(22(31)29-15-7-4-6-14(12-15)23(24,25)26)21(16-8-2-3-11-27-16)20-17(28-13)9-5-10-18(20)30/h2-4,6-8,11-12,21,28H,5,9-10H2,1H3,(H,29,31)/t21-/m0/s1. The Bertz CT molecular complexity index is 1100. The summed E-state index contributed by atoms with van der Waals surface area (Å²) in [5.74, 6) is -1.32. The zero-order valence-corrected chi connectivity index (χ0v) is 16.7. The van der Waals surface area contributed by atoms with Crippen LogP contribution in [0.15, 0.2) is 71.2 Å². The lowest BCUT2D eigenvalue weighted by molar-refractivity contribution is -0.137. The Morgan fingerprint density at radius 1 is 1.16 bits per heavy atom. The first-order chi connectivity index (χ1) is 14.8. The molecule has 0 radical (unpaired) electrons. The summed E-state index contributed by atoms with van der Waals surface area (Å²) < 4.78 is 39.2. The summed E-state index contributed by atoms with van der Waals surface area (Å²) in [4.78, 5) is 30.4. The lowest BCUT2D eigenvalue weighted by Gasteiger charge is -2.34. The fourth-order valence-electron chi connectivity index (χ4n) is 4.10. The number of dihydropyridines is 1. The Morgan fingerprint density at radius 3 is 2.68 bits per heavy atom. The number of ketones is 1. The van der Waals surface area contributed by atoms with Crippen molar-refractivity contribution in [3.8, 4) is 0 Å². The van der Waals surface area contributed by atoms with E-state index in [4.69, 9.17) is 0 Å². The highest BCUT2D eigenvalue weighted by Gasteiger charge is 2.39. The molecule has 4 rings (SSSR count). The Labute approximate surface area is 177 Å². The maximum absolute atomic E-state index is 13.3. The number of alkyl halides is 3. The second-order valence-corrected chi connectivity index (χ2v) is 7.55. The minimum Gasteiger partial charge on any atom is -0.362 e. The summed E-state index contributed by atoms with van der Waals surface area (Å²) in [7, 11) is 0. The van der Waals surface area contributed by atoms with E-state index in [1.165, 1.54) is 12.1 Å². The molecule has 31 heavy (non-hydrogen) atoms. The van der Waals surface area contributed by atoms with E-state index in [0.29, 0.717) is 29.8 Å². The van der Waals surface area contributed by atoms with Crippen molar-refractivity contribution in [2.45, 2.75) is 38.3 Å². The molecule has 8 heteroatoms. The van der Waals surface area contributed by atoms with Crippen LogP contribution in [0.5, 0.6) is 0 Å². The summed E-state index contributed by atoms with van der Waals surface area (Å²) in [5.41, 5.74) is 1.81. The second-order valence-electron chi connectivity index (χ2n) is 7.55. The summed E-state index contributed by atoms with van der Waals surface area (Å²) in [6.07, 6.45) is -1.15.